The van der Waals surface area contributed by atoms with Crippen LogP contribution in [0.2, 0.25) is 5.02 Å². The molecule has 0 unspecified atom stereocenters. The lowest BCUT2D eigenvalue weighted by atomic mass is 10.2. The SMILES string of the molecule is COc1ccc(Cl)cc1NC(=O)COC(=O)c1sc2nc(C)[nH]c(=O)c2c1C. The average molecular weight is 422 g/mol. The summed E-state index contributed by atoms with van der Waals surface area (Å²) in [6, 6.07) is 4.76. The number of aromatic nitrogens is 2. The van der Waals surface area contributed by atoms with E-state index in [1.54, 1.807) is 26.0 Å². The van der Waals surface area contributed by atoms with Crippen LogP contribution in [0.1, 0.15) is 21.1 Å². The fourth-order valence-electron chi connectivity index (χ4n) is 2.61. The van der Waals surface area contributed by atoms with Gasteiger partial charge in [-0.15, -0.1) is 11.3 Å². The van der Waals surface area contributed by atoms with E-state index in [1.165, 1.54) is 13.2 Å². The number of halogens is 1. The van der Waals surface area contributed by atoms with Crippen molar-refractivity contribution in [1.29, 1.82) is 0 Å². The molecule has 3 rings (SSSR count). The number of fused-ring (bicyclic) bond motifs is 1. The van der Waals surface area contributed by atoms with Gasteiger partial charge in [0.05, 0.1) is 18.2 Å². The van der Waals surface area contributed by atoms with Crippen molar-refractivity contribution >= 4 is 50.7 Å². The van der Waals surface area contributed by atoms with Crippen molar-refractivity contribution in [1.82, 2.24) is 9.97 Å². The number of anilines is 1. The van der Waals surface area contributed by atoms with Crippen LogP contribution in [0, 0.1) is 13.8 Å². The van der Waals surface area contributed by atoms with Crippen LogP contribution in [0.5, 0.6) is 5.75 Å². The maximum absolute atomic E-state index is 12.4. The number of aryl methyl sites for hydroxylation is 2. The van der Waals surface area contributed by atoms with Gasteiger partial charge in [0, 0.05) is 5.02 Å². The zero-order chi connectivity index (χ0) is 20.4. The van der Waals surface area contributed by atoms with Gasteiger partial charge in [0.25, 0.3) is 11.5 Å². The molecule has 3 aromatic rings. The monoisotopic (exact) mass is 421 g/mol. The van der Waals surface area contributed by atoms with E-state index >= 15 is 0 Å². The summed E-state index contributed by atoms with van der Waals surface area (Å²) in [5.74, 6) is -0.385. The first-order valence-electron chi connectivity index (χ1n) is 8.10. The van der Waals surface area contributed by atoms with Crippen LogP contribution in [-0.4, -0.2) is 35.6 Å². The van der Waals surface area contributed by atoms with Crippen molar-refractivity contribution in [3.8, 4) is 5.75 Å². The highest BCUT2D eigenvalue weighted by atomic mass is 35.5. The van der Waals surface area contributed by atoms with E-state index in [0.717, 1.165) is 11.3 Å². The normalized spacial score (nSPS) is 10.7. The van der Waals surface area contributed by atoms with Crippen molar-refractivity contribution in [3.05, 3.63) is 49.8 Å². The number of amides is 1. The van der Waals surface area contributed by atoms with E-state index in [9.17, 15) is 14.4 Å². The third-order valence-corrected chi connectivity index (χ3v) is 5.28. The molecule has 28 heavy (non-hydrogen) atoms. The van der Waals surface area contributed by atoms with Gasteiger partial charge >= 0.3 is 5.97 Å². The summed E-state index contributed by atoms with van der Waals surface area (Å²) in [6.45, 7) is 2.78. The Labute approximate surface area is 168 Å². The zero-order valence-electron chi connectivity index (χ0n) is 15.2. The molecule has 0 fully saturated rings. The third kappa shape index (κ3) is 4.00. The zero-order valence-corrected chi connectivity index (χ0v) is 16.8. The van der Waals surface area contributed by atoms with Gasteiger partial charge in [-0.3, -0.25) is 9.59 Å². The fourth-order valence-corrected chi connectivity index (χ4v) is 3.90. The van der Waals surface area contributed by atoms with Crippen LogP contribution in [0.25, 0.3) is 10.2 Å². The van der Waals surface area contributed by atoms with E-state index in [4.69, 9.17) is 21.1 Å². The Bertz CT molecular complexity index is 1140. The van der Waals surface area contributed by atoms with Crippen molar-refractivity contribution in [2.45, 2.75) is 13.8 Å². The molecule has 0 saturated carbocycles. The van der Waals surface area contributed by atoms with Crippen LogP contribution in [0.15, 0.2) is 23.0 Å². The van der Waals surface area contributed by atoms with Crippen molar-refractivity contribution < 1.29 is 19.1 Å². The van der Waals surface area contributed by atoms with Gasteiger partial charge < -0.3 is 19.8 Å². The van der Waals surface area contributed by atoms with E-state index < -0.39 is 18.5 Å². The maximum atomic E-state index is 12.4. The van der Waals surface area contributed by atoms with Gasteiger partial charge in [0.15, 0.2) is 6.61 Å². The van der Waals surface area contributed by atoms with E-state index in [1.807, 2.05) is 0 Å². The van der Waals surface area contributed by atoms with Crippen LogP contribution < -0.4 is 15.6 Å². The Morgan fingerprint density at radius 2 is 2.07 bits per heavy atom. The lowest BCUT2D eigenvalue weighted by Crippen LogP contribution is -2.21. The molecule has 8 nitrogen and oxygen atoms in total. The summed E-state index contributed by atoms with van der Waals surface area (Å²) >= 11 is 6.97. The number of carbonyl (C=O) groups is 2. The van der Waals surface area contributed by atoms with Crippen LogP contribution >= 0.6 is 22.9 Å². The summed E-state index contributed by atoms with van der Waals surface area (Å²) in [6.07, 6.45) is 0. The van der Waals surface area contributed by atoms with Gasteiger partial charge in [-0.05, 0) is 37.6 Å². The van der Waals surface area contributed by atoms with E-state index in [2.05, 4.69) is 15.3 Å². The molecule has 0 radical (unpaired) electrons. The Balaban J connectivity index is 1.72. The predicted octanol–water partition coefficient (Wildman–Crippen LogP) is 3.06. The van der Waals surface area contributed by atoms with Crippen molar-refractivity contribution in [3.63, 3.8) is 0 Å². The first-order valence-corrected chi connectivity index (χ1v) is 9.30. The summed E-state index contributed by atoms with van der Waals surface area (Å²) in [4.78, 5) is 44.1. The van der Waals surface area contributed by atoms with Gasteiger partial charge in [0.1, 0.15) is 21.3 Å². The van der Waals surface area contributed by atoms with Crippen LogP contribution in [0.4, 0.5) is 5.69 Å². The number of methoxy groups -OCH3 is 1. The molecule has 0 spiro atoms. The molecule has 1 amide bonds. The first-order chi connectivity index (χ1) is 13.3. The van der Waals surface area contributed by atoms with E-state index in [0.29, 0.717) is 38.1 Å². The number of esters is 1. The summed E-state index contributed by atoms with van der Waals surface area (Å²) < 4.78 is 10.2. The molecule has 146 valence electrons. The highest BCUT2D eigenvalue weighted by molar-refractivity contribution is 7.20. The smallest absolute Gasteiger partial charge is 0.349 e. The predicted molar refractivity (Wildman–Crippen MR) is 107 cm³/mol. The largest absolute Gasteiger partial charge is 0.495 e. The molecule has 2 heterocycles. The number of rotatable bonds is 5. The van der Waals surface area contributed by atoms with Gasteiger partial charge in [-0.2, -0.15) is 0 Å². The number of H-pyrrole nitrogens is 1. The second-order valence-electron chi connectivity index (χ2n) is 5.86. The average Bonchev–Trinajstić information content (AvgIpc) is 2.96. The number of nitrogens with one attached hydrogen (secondary N) is 2. The lowest BCUT2D eigenvalue weighted by Gasteiger charge is -2.10. The Kier molecular flexibility index (Phi) is 5.66. The number of nitrogens with zero attached hydrogens (tertiary/aromatic N) is 1. The van der Waals surface area contributed by atoms with Gasteiger partial charge in [0.2, 0.25) is 0 Å². The number of carbonyl (C=O) groups excluding carboxylic acids is 2. The summed E-state index contributed by atoms with van der Waals surface area (Å²) in [5.41, 5.74) is 0.511. The first kappa shape index (κ1) is 19.8. The van der Waals surface area contributed by atoms with Gasteiger partial charge in [-0.25, -0.2) is 9.78 Å². The lowest BCUT2D eigenvalue weighted by molar-refractivity contribution is -0.119. The third-order valence-electron chi connectivity index (χ3n) is 3.87. The van der Waals surface area contributed by atoms with Crippen molar-refractivity contribution in [2.75, 3.05) is 19.0 Å². The molecule has 0 aliphatic heterocycles. The second-order valence-corrected chi connectivity index (χ2v) is 7.29. The molecule has 0 bridgehead atoms. The van der Waals surface area contributed by atoms with Gasteiger partial charge in [-0.1, -0.05) is 11.6 Å². The summed E-state index contributed by atoms with van der Waals surface area (Å²) in [5, 5.41) is 3.34. The van der Waals surface area contributed by atoms with Crippen LogP contribution in [0.3, 0.4) is 0 Å². The molecule has 2 aromatic heterocycles. The molecule has 0 saturated heterocycles. The number of thiophene rings is 1. The number of benzene rings is 1. The van der Waals surface area contributed by atoms with E-state index in [-0.39, 0.29) is 10.4 Å². The number of hydrogen-bond acceptors (Lipinski definition) is 7. The molecule has 0 aliphatic rings. The standard InChI is InChI=1S/C18H16ClN3O5S/c1-8-14-16(24)20-9(2)21-17(14)28-15(8)18(25)27-7-13(23)22-11-6-10(19)4-5-12(11)26-3/h4-6H,7H2,1-3H3,(H,22,23)(H,20,21,24). The maximum Gasteiger partial charge on any atom is 0.349 e. The molecule has 2 N–H and O–H groups in total. The fraction of sp³-hybridized carbons (Fsp3) is 0.222. The molecule has 1 aromatic carbocycles. The minimum atomic E-state index is -0.703. The molecular weight excluding hydrogens is 406 g/mol. The number of hydrogen-bond donors (Lipinski definition) is 2. The highest BCUT2D eigenvalue weighted by Gasteiger charge is 2.21. The topological polar surface area (TPSA) is 110 Å². The Morgan fingerprint density at radius 3 is 2.79 bits per heavy atom. The summed E-state index contributed by atoms with van der Waals surface area (Å²) in [7, 11) is 1.46. The second kappa shape index (κ2) is 7.99. The van der Waals surface area contributed by atoms with Crippen LogP contribution in [-0.2, 0) is 9.53 Å². The Morgan fingerprint density at radius 1 is 1.32 bits per heavy atom. The number of aromatic amines is 1. The van der Waals surface area contributed by atoms with Crippen molar-refractivity contribution in [2.24, 2.45) is 0 Å². The molecular formula is C18H16ClN3O5S. The quantitative estimate of drug-likeness (QED) is 0.612. The molecule has 0 aliphatic carbocycles. The Hall–Kier alpha value is -2.91. The molecule has 0 atom stereocenters. The minimum absolute atomic E-state index is 0.228. The number of ether oxygens (including phenoxy) is 2. The molecule has 10 heteroatoms. The highest BCUT2D eigenvalue weighted by Crippen LogP contribution is 2.29. The minimum Gasteiger partial charge on any atom is -0.495 e.